The van der Waals surface area contributed by atoms with E-state index in [0.29, 0.717) is 6.61 Å². The second-order valence-corrected chi connectivity index (χ2v) is 3.14. The fraction of sp³-hybridized carbons (Fsp3) is 0.875. The summed E-state index contributed by atoms with van der Waals surface area (Å²) in [5, 5.41) is 0. The van der Waals surface area contributed by atoms with Gasteiger partial charge in [-0.3, -0.25) is 4.79 Å². The van der Waals surface area contributed by atoms with Gasteiger partial charge in [0.1, 0.15) is 0 Å². The van der Waals surface area contributed by atoms with E-state index in [0.717, 1.165) is 0 Å². The monoisotopic (exact) mass is 178 g/mol. The molecule has 0 saturated heterocycles. The zero-order valence-electron chi connectivity index (χ0n) is 6.98. The maximum Gasteiger partial charge on any atom is 0.306 e. The van der Waals surface area contributed by atoms with Crippen LogP contribution in [-0.4, -0.2) is 18.5 Å². The third-order valence-electron chi connectivity index (χ3n) is 1.94. The van der Waals surface area contributed by atoms with Crippen molar-refractivity contribution in [1.29, 1.82) is 0 Å². The van der Waals surface area contributed by atoms with Gasteiger partial charge in [0.2, 0.25) is 5.92 Å². The first-order valence-corrected chi connectivity index (χ1v) is 4.07. The molecule has 0 aromatic rings. The Morgan fingerprint density at radius 2 is 2.17 bits per heavy atom. The second-order valence-electron chi connectivity index (χ2n) is 3.14. The molecule has 1 rings (SSSR count). The molecular formula is C8H12F2O2. The number of rotatable bonds is 3. The summed E-state index contributed by atoms with van der Waals surface area (Å²) in [4.78, 5) is 10.8. The average molecular weight is 178 g/mol. The minimum Gasteiger partial charge on any atom is -0.466 e. The van der Waals surface area contributed by atoms with Gasteiger partial charge in [-0.15, -0.1) is 0 Å². The van der Waals surface area contributed by atoms with Gasteiger partial charge in [0, 0.05) is 19.3 Å². The summed E-state index contributed by atoms with van der Waals surface area (Å²) in [5.41, 5.74) is 0. The molecule has 1 saturated carbocycles. The van der Waals surface area contributed by atoms with E-state index in [9.17, 15) is 13.6 Å². The largest absolute Gasteiger partial charge is 0.466 e. The maximum atomic E-state index is 12.3. The average Bonchev–Trinajstić information content (AvgIpc) is 1.83. The van der Waals surface area contributed by atoms with E-state index in [1.165, 1.54) is 0 Å². The molecule has 0 aromatic heterocycles. The van der Waals surface area contributed by atoms with E-state index in [1.807, 2.05) is 0 Å². The lowest BCUT2D eigenvalue weighted by Gasteiger charge is -2.34. The fourth-order valence-corrected chi connectivity index (χ4v) is 1.38. The molecule has 0 unspecified atom stereocenters. The second kappa shape index (κ2) is 3.37. The summed E-state index contributed by atoms with van der Waals surface area (Å²) >= 11 is 0. The molecule has 12 heavy (non-hydrogen) atoms. The van der Waals surface area contributed by atoms with Crippen LogP contribution in [0, 0.1) is 5.92 Å². The van der Waals surface area contributed by atoms with Crippen molar-refractivity contribution in [2.75, 3.05) is 6.61 Å². The van der Waals surface area contributed by atoms with Crippen molar-refractivity contribution in [1.82, 2.24) is 0 Å². The van der Waals surface area contributed by atoms with Crippen molar-refractivity contribution in [3.8, 4) is 0 Å². The Morgan fingerprint density at radius 3 is 2.58 bits per heavy atom. The third-order valence-corrected chi connectivity index (χ3v) is 1.94. The van der Waals surface area contributed by atoms with Crippen LogP contribution in [0.2, 0.25) is 0 Å². The molecular weight excluding hydrogens is 166 g/mol. The molecule has 0 aromatic carbocycles. The number of hydrogen-bond donors (Lipinski definition) is 0. The van der Waals surface area contributed by atoms with Crippen molar-refractivity contribution in [2.45, 2.75) is 32.1 Å². The van der Waals surface area contributed by atoms with Gasteiger partial charge in [0.15, 0.2) is 0 Å². The summed E-state index contributed by atoms with van der Waals surface area (Å²) in [6, 6.07) is 0. The lowest BCUT2D eigenvalue weighted by atomic mass is 9.79. The van der Waals surface area contributed by atoms with E-state index in [2.05, 4.69) is 4.74 Å². The molecule has 0 amide bonds. The lowest BCUT2D eigenvalue weighted by molar-refractivity contribution is -0.152. The van der Waals surface area contributed by atoms with Gasteiger partial charge >= 0.3 is 5.97 Å². The van der Waals surface area contributed by atoms with Crippen molar-refractivity contribution < 1.29 is 18.3 Å². The highest BCUT2D eigenvalue weighted by Gasteiger charge is 2.45. The Labute approximate surface area is 69.9 Å². The molecule has 70 valence electrons. The Hall–Kier alpha value is -0.670. The number of halogens is 2. The Bertz CT molecular complexity index is 172. The zero-order valence-corrected chi connectivity index (χ0v) is 6.98. The molecule has 0 bridgehead atoms. The first kappa shape index (κ1) is 9.42. The molecule has 0 radical (unpaired) electrons. The highest BCUT2D eigenvalue weighted by atomic mass is 19.3. The SMILES string of the molecule is CCOC(=O)CC1CC(F)(F)C1. The van der Waals surface area contributed by atoms with Gasteiger partial charge in [-0.05, 0) is 12.8 Å². The van der Waals surface area contributed by atoms with Crippen LogP contribution in [0.1, 0.15) is 26.2 Å². The molecule has 0 aliphatic heterocycles. The van der Waals surface area contributed by atoms with Gasteiger partial charge in [-0.1, -0.05) is 0 Å². The van der Waals surface area contributed by atoms with Gasteiger partial charge in [0.05, 0.1) is 6.61 Å². The van der Waals surface area contributed by atoms with Crippen LogP contribution >= 0.6 is 0 Å². The molecule has 0 atom stereocenters. The molecule has 1 aliphatic carbocycles. The van der Waals surface area contributed by atoms with Gasteiger partial charge < -0.3 is 4.74 Å². The summed E-state index contributed by atoms with van der Waals surface area (Å²) in [6.45, 7) is 2.02. The quantitative estimate of drug-likeness (QED) is 0.618. The van der Waals surface area contributed by atoms with E-state index in [-0.39, 0.29) is 31.1 Å². The minimum atomic E-state index is -2.53. The van der Waals surface area contributed by atoms with Crippen LogP contribution in [0.15, 0.2) is 0 Å². The standard InChI is InChI=1S/C8H12F2O2/c1-2-12-7(11)3-6-4-8(9,10)5-6/h6H,2-5H2,1H3. The first-order chi connectivity index (χ1) is 5.53. The molecule has 0 spiro atoms. The van der Waals surface area contributed by atoms with E-state index in [4.69, 9.17) is 0 Å². The van der Waals surface area contributed by atoms with Crippen LogP contribution in [0.5, 0.6) is 0 Å². The number of esters is 1. The zero-order chi connectivity index (χ0) is 9.19. The minimum absolute atomic E-state index is 0.142. The molecule has 4 heteroatoms. The van der Waals surface area contributed by atoms with Crippen LogP contribution in [0.3, 0.4) is 0 Å². The normalized spacial score (nSPS) is 21.6. The Morgan fingerprint density at radius 1 is 1.58 bits per heavy atom. The Balaban J connectivity index is 2.14. The number of alkyl halides is 2. The van der Waals surface area contributed by atoms with Crippen LogP contribution in [0.4, 0.5) is 8.78 Å². The summed E-state index contributed by atoms with van der Waals surface area (Å²) in [6.07, 6.45) is -0.180. The van der Waals surface area contributed by atoms with Crippen molar-refractivity contribution in [3.05, 3.63) is 0 Å². The fourth-order valence-electron chi connectivity index (χ4n) is 1.38. The van der Waals surface area contributed by atoms with E-state index >= 15 is 0 Å². The first-order valence-electron chi connectivity index (χ1n) is 4.07. The van der Waals surface area contributed by atoms with Crippen LogP contribution in [0.25, 0.3) is 0 Å². The van der Waals surface area contributed by atoms with Crippen LogP contribution in [-0.2, 0) is 9.53 Å². The van der Waals surface area contributed by atoms with E-state index in [1.54, 1.807) is 6.92 Å². The Kier molecular flexibility index (Phi) is 2.65. The van der Waals surface area contributed by atoms with Crippen molar-refractivity contribution >= 4 is 5.97 Å². The highest BCUT2D eigenvalue weighted by molar-refractivity contribution is 5.69. The van der Waals surface area contributed by atoms with Gasteiger partial charge in [-0.2, -0.15) is 0 Å². The predicted octanol–water partition coefficient (Wildman–Crippen LogP) is 1.98. The van der Waals surface area contributed by atoms with Crippen LogP contribution < -0.4 is 0 Å². The maximum absolute atomic E-state index is 12.3. The number of ether oxygens (including phenoxy) is 1. The highest BCUT2D eigenvalue weighted by Crippen LogP contribution is 2.44. The number of carbonyl (C=O) groups excluding carboxylic acids is 1. The summed E-state index contributed by atoms with van der Waals surface area (Å²) < 4.78 is 29.2. The third kappa shape index (κ3) is 2.43. The number of hydrogen-bond acceptors (Lipinski definition) is 2. The van der Waals surface area contributed by atoms with Gasteiger partial charge in [-0.25, -0.2) is 8.78 Å². The molecule has 1 aliphatic rings. The summed E-state index contributed by atoms with van der Waals surface area (Å²) in [5.74, 6) is -3.06. The lowest BCUT2D eigenvalue weighted by Crippen LogP contribution is -2.36. The molecule has 2 nitrogen and oxygen atoms in total. The van der Waals surface area contributed by atoms with Crippen molar-refractivity contribution in [3.63, 3.8) is 0 Å². The van der Waals surface area contributed by atoms with E-state index < -0.39 is 5.92 Å². The van der Waals surface area contributed by atoms with Gasteiger partial charge in [0.25, 0.3) is 0 Å². The molecule has 1 fully saturated rings. The smallest absolute Gasteiger partial charge is 0.306 e. The topological polar surface area (TPSA) is 26.3 Å². The summed E-state index contributed by atoms with van der Waals surface area (Å²) in [7, 11) is 0. The predicted molar refractivity (Wildman–Crippen MR) is 38.9 cm³/mol. The number of carbonyl (C=O) groups is 1. The molecule has 0 heterocycles. The molecule has 0 N–H and O–H groups in total. The van der Waals surface area contributed by atoms with Crippen molar-refractivity contribution in [2.24, 2.45) is 5.92 Å².